The van der Waals surface area contributed by atoms with Gasteiger partial charge in [-0.2, -0.15) is 0 Å². The summed E-state index contributed by atoms with van der Waals surface area (Å²) in [4.78, 5) is 6.26. The minimum Gasteiger partial charge on any atom is -0.480 e. The summed E-state index contributed by atoms with van der Waals surface area (Å²) in [5.74, 6) is 1.06. The Bertz CT molecular complexity index is 596. The second kappa shape index (κ2) is 6.49. The highest BCUT2D eigenvalue weighted by Gasteiger charge is 2.25. The van der Waals surface area contributed by atoms with Crippen LogP contribution in [0, 0.1) is 0 Å². The van der Waals surface area contributed by atoms with Crippen molar-refractivity contribution in [1.82, 2.24) is 20.5 Å². The molecule has 1 aliphatic carbocycles. The zero-order chi connectivity index (χ0) is 14.7. The second-order valence-electron chi connectivity index (χ2n) is 5.19. The maximum atomic E-state index is 5.05. The summed E-state index contributed by atoms with van der Waals surface area (Å²) in [6.45, 7) is 4.16. The van der Waals surface area contributed by atoms with E-state index in [0.29, 0.717) is 11.8 Å². The van der Waals surface area contributed by atoms with Crippen LogP contribution in [0.15, 0.2) is 12.1 Å². The van der Waals surface area contributed by atoms with Gasteiger partial charge in [0.15, 0.2) is 0 Å². The van der Waals surface area contributed by atoms with Crippen molar-refractivity contribution in [3.63, 3.8) is 0 Å². The van der Waals surface area contributed by atoms with Crippen molar-refractivity contribution >= 4 is 11.3 Å². The first-order valence-corrected chi connectivity index (χ1v) is 8.22. The van der Waals surface area contributed by atoms with E-state index in [1.807, 2.05) is 12.1 Å². The SMILES string of the molecule is CCNCC1CCCc2sc(-c3ccc(OC)nn3)nc21. The number of ether oxygens (including phenoxy) is 1. The molecule has 0 amide bonds. The van der Waals surface area contributed by atoms with E-state index in [9.17, 15) is 0 Å². The van der Waals surface area contributed by atoms with Gasteiger partial charge in [0.2, 0.25) is 5.88 Å². The van der Waals surface area contributed by atoms with Gasteiger partial charge in [0, 0.05) is 23.4 Å². The molecule has 0 aliphatic heterocycles. The molecule has 1 N–H and O–H groups in total. The fraction of sp³-hybridized carbons (Fsp3) is 0.533. The summed E-state index contributed by atoms with van der Waals surface area (Å²) < 4.78 is 5.05. The van der Waals surface area contributed by atoms with Gasteiger partial charge < -0.3 is 10.1 Å². The van der Waals surface area contributed by atoms with Gasteiger partial charge in [-0.1, -0.05) is 6.92 Å². The molecule has 21 heavy (non-hydrogen) atoms. The van der Waals surface area contributed by atoms with Gasteiger partial charge in [0.05, 0.1) is 12.8 Å². The maximum Gasteiger partial charge on any atom is 0.233 e. The van der Waals surface area contributed by atoms with Crippen LogP contribution >= 0.6 is 11.3 Å². The molecular formula is C15H20N4OS. The fourth-order valence-corrected chi connectivity index (χ4v) is 3.83. The van der Waals surface area contributed by atoms with Crippen LogP contribution in [0.2, 0.25) is 0 Å². The number of nitrogens with one attached hydrogen (secondary N) is 1. The molecule has 0 saturated heterocycles. The van der Waals surface area contributed by atoms with Crippen molar-refractivity contribution in [1.29, 1.82) is 0 Å². The highest BCUT2D eigenvalue weighted by Crippen LogP contribution is 2.37. The minimum absolute atomic E-state index is 0.532. The largest absolute Gasteiger partial charge is 0.480 e. The van der Waals surface area contributed by atoms with Crippen molar-refractivity contribution in [2.45, 2.75) is 32.1 Å². The third-order valence-corrected chi connectivity index (χ3v) is 4.93. The van der Waals surface area contributed by atoms with Crippen LogP contribution in [-0.4, -0.2) is 35.4 Å². The van der Waals surface area contributed by atoms with Crippen LogP contribution in [0.5, 0.6) is 5.88 Å². The first-order chi connectivity index (χ1) is 10.3. The van der Waals surface area contributed by atoms with E-state index >= 15 is 0 Å². The standard InChI is InChI=1S/C15H20N4OS/c1-3-16-9-10-5-4-6-12-14(10)17-15(21-12)11-7-8-13(20-2)19-18-11/h7-8,10,16H,3-6,9H2,1-2H3. The van der Waals surface area contributed by atoms with Gasteiger partial charge in [-0.25, -0.2) is 4.98 Å². The van der Waals surface area contributed by atoms with Crippen LogP contribution < -0.4 is 10.1 Å². The molecule has 3 rings (SSSR count). The summed E-state index contributed by atoms with van der Waals surface area (Å²) >= 11 is 1.76. The van der Waals surface area contributed by atoms with Crippen LogP contribution in [0.1, 0.15) is 36.3 Å². The molecule has 6 heteroatoms. The second-order valence-corrected chi connectivity index (χ2v) is 6.27. The fourth-order valence-electron chi connectivity index (χ4n) is 2.68. The molecule has 1 aliphatic rings. The number of fused-ring (bicyclic) bond motifs is 1. The van der Waals surface area contributed by atoms with Gasteiger partial charge in [-0.05, 0) is 31.9 Å². The minimum atomic E-state index is 0.532. The predicted molar refractivity (Wildman–Crippen MR) is 83.9 cm³/mol. The molecule has 0 aromatic carbocycles. The van der Waals surface area contributed by atoms with E-state index in [0.717, 1.165) is 30.2 Å². The molecule has 1 unspecified atom stereocenters. The van der Waals surface area contributed by atoms with E-state index in [1.54, 1.807) is 18.4 Å². The number of hydrogen-bond donors (Lipinski definition) is 1. The lowest BCUT2D eigenvalue weighted by atomic mass is 9.91. The van der Waals surface area contributed by atoms with Crippen LogP contribution in [0.4, 0.5) is 0 Å². The summed E-state index contributed by atoms with van der Waals surface area (Å²) in [5.41, 5.74) is 2.09. The summed E-state index contributed by atoms with van der Waals surface area (Å²) in [7, 11) is 1.59. The number of hydrogen-bond acceptors (Lipinski definition) is 6. The number of nitrogens with zero attached hydrogens (tertiary/aromatic N) is 3. The number of aryl methyl sites for hydroxylation is 1. The zero-order valence-electron chi connectivity index (χ0n) is 12.4. The average molecular weight is 304 g/mol. The Morgan fingerprint density at radius 1 is 1.38 bits per heavy atom. The number of thiazole rings is 1. The van der Waals surface area contributed by atoms with Gasteiger partial charge in [0.25, 0.3) is 0 Å². The molecule has 112 valence electrons. The summed E-state index contributed by atoms with van der Waals surface area (Å²) in [6, 6.07) is 3.76. The molecule has 5 nitrogen and oxygen atoms in total. The normalized spacial score (nSPS) is 17.5. The van der Waals surface area contributed by atoms with Crippen molar-refractivity contribution in [2.75, 3.05) is 20.2 Å². The topological polar surface area (TPSA) is 59.9 Å². The van der Waals surface area contributed by atoms with Crippen LogP contribution in [0.25, 0.3) is 10.7 Å². The molecule has 0 fully saturated rings. The molecule has 1 atom stereocenters. The Balaban J connectivity index is 1.86. The molecule has 2 aromatic rings. The van der Waals surface area contributed by atoms with Crippen molar-refractivity contribution in [2.24, 2.45) is 0 Å². The van der Waals surface area contributed by atoms with E-state index < -0.39 is 0 Å². The highest BCUT2D eigenvalue weighted by atomic mass is 32.1. The average Bonchev–Trinajstić information content (AvgIpc) is 2.97. The maximum absolute atomic E-state index is 5.05. The van der Waals surface area contributed by atoms with Gasteiger partial charge in [-0.3, -0.25) is 0 Å². The molecule has 2 heterocycles. The third-order valence-electron chi connectivity index (χ3n) is 3.78. The summed E-state index contributed by atoms with van der Waals surface area (Å²) in [6.07, 6.45) is 3.61. The van der Waals surface area contributed by atoms with Crippen LogP contribution in [-0.2, 0) is 6.42 Å². The molecule has 0 spiro atoms. The molecule has 0 bridgehead atoms. The quantitative estimate of drug-likeness (QED) is 0.920. The first-order valence-electron chi connectivity index (χ1n) is 7.40. The Kier molecular flexibility index (Phi) is 4.45. The molecule has 0 radical (unpaired) electrons. The molecule has 2 aromatic heterocycles. The van der Waals surface area contributed by atoms with Gasteiger partial charge in [0.1, 0.15) is 10.7 Å². The van der Waals surface area contributed by atoms with Gasteiger partial charge in [-0.15, -0.1) is 21.5 Å². The smallest absolute Gasteiger partial charge is 0.233 e. The van der Waals surface area contributed by atoms with Crippen LogP contribution in [0.3, 0.4) is 0 Å². The van der Waals surface area contributed by atoms with Crippen molar-refractivity contribution in [3.8, 4) is 16.6 Å². The molecular weight excluding hydrogens is 284 g/mol. The third kappa shape index (κ3) is 3.06. The van der Waals surface area contributed by atoms with E-state index in [4.69, 9.17) is 9.72 Å². The van der Waals surface area contributed by atoms with E-state index in [2.05, 4.69) is 22.4 Å². The highest BCUT2D eigenvalue weighted by molar-refractivity contribution is 7.15. The monoisotopic (exact) mass is 304 g/mol. The van der Waals surface area contributed by atoms with E-state index in [-0.39, 0.29) is 0 Å². The first kappa shape index (κ1) is 14.4. The van der Waals surface area contributed by atoms with Crippen molar-refractivity contribution in [3.05, 3.63) is 22.7 Å². The molecule has 0 saturated carbocycles. The predicted octanol–water partition coefficient (Wildman–Crippen LogP) is 2.64. The number of rotatable bonds is 5. The number of aromatic nitrogens is 3. The Morgan fingerprint density at radius 2 is 2.29 bits per heavy atom. The zero-order valence-corrected chi connectivity index (χ0v) is 13.2. The Hall–Kier alpha value is -1.53. The number of likely N-dealkylation sites (N-methyl/N-ethyl adjacent to an activating group) is 1. The lowest BCUT2D eigenvalue weighted by Crippen LogP contribution is -2.23. The number of methoxy groups -OCH3 is 1. The lowest BCUT2D eigenvalue weighted by molar-refractivity contribution is 0.392. The summed E-state index contributed by atoms with van der Waals surface area (Å²) in [5, 5.41) is 12.7. The Labute approximate surface area is 128 Å². The lowest BCUT2D eigenvalue weighted by Gasteiger charge is -2.21. The van der Waals surface area contributed by atoms with Crippen molar-refractivity contribution < 1.29 is 4.74 Å². The van der Waals surface area contributed by atoms with Gasteiger partial charge >= 0.3 is 0 Å². The van der Waals surface area contributed by atoms with E-state index in [1.165, 1.54) is 23.4 Å². The Morgan fingerprint density at radius 3 is 3.00 bits per heavy atom.